The van der Waals surface area contributed by atoms with Crippen molar-refractivity contribution in [2.45, 2.75) is 32.4 Å². The topological polar surface area (TPSA) is 29.5 Å². The van der Waals surface area contributed by atoms with Crippen LogP contribution in [0.2, 0.25) is 0 Å². The van der Waals surface area contributed by atoms with Crippen LogP contribution in [0.3, 0.4) is 0 Å². The molecule has 0 saturated heterocycles. The fraction of sp³-hybridized carbons (Fsp3) is 0.350. The van der Waals surface area contributed by atoms with Gasteiger partial charge < -0.3 is 9.64 Å². The molecule has 1 aliphatic rings. The van der Waals surface area contributed by atoms with Crippen LogP contribution in [0.4, 0.5) is 0 Å². The van der Waals surface area contributed by atoms with Crippen LogP contribution in [0, 0.1) is 5.92 Å². The van der Waals surface area contributed by atoms with Gasteiger partial charge in [-0.3, -0.25) is 4.79 Å². The Kier molecular flexibility index (Phi) is 4.96. The van der Waals surface area contributed by atoms with Crippen molar-refractivity contribution in [2.24, 2.45) is 5.92 Å². The van der Waals surface area contributed by atoms with E-state index in [1.165, 1.54) is 12.8 Å². The lowest BCUT2D eigenvalue weighted by Gasteiger charge is -2.29. The van der Waals surface area contributed by atoms with Crippen molar-refractivity contribution in [1.82, 2.24) is 4.90 Å². The fourth-order valence-electron chi connectivity index (χ4n) is 2.82. The molecule has 1 atom stereocenters. The summed E-state index contributed by atoms with van der Waals surface area (Å²) in [5, 5.41) is 0. The van der Waals surface area contributed by atoms with E-state index in [1.54, 1.807) is 0 Å². The first-order chi connectivity index (χ1) is 11.2. The standard InChI is InChI=1S/C20H23NO2/c1-16(18-12-13-18)21(14-17-8-4-2-5-9-17)20(22)15-23-19-10-6-3-7-11-19/h2-11,16,18H,12-15H2,1H3. The van der Waals surface area contributed by atoms with Gasteiger partial charge in [-0.15, -0.1) is 0 Å². The predicted molar refractivity (Wildman–Crippen MR) is 91.1 cm³/mol. The van der Waals surface area contributed by atoms with Gasteiger partial charge in [0.15, 0.2) is 6.61 Å². The van der Waals surface area contributed by atoms with Gasteiger partial charge in [0.05, 0.1) is 0 Å². The van der Waals surface area contributed by atoms with Gasteiger partial charge in [0.2, 0.25) is 0 Å². The van der Waals surface area contributed by atoms with Crippen LogP contribution in [-0.2, 0) is 11.3 Å². The number of hydrogen-bond donors (Lipinski definition) is 0. The van der Waals surface area contributed by atoms with Crippen LogP contribution in [0.1, 0.15) is 25.3 Å². The van der Waals surface area contributed by atoms with Crippen molar-refractivity contribution in [3.05, 3.63) is 66.2 Å². The lowest BCUT2D eigenvalue weighted by atomic mass is 10.1. The summed E-state index contributed by atoms with van der Waals surface area (Å²) in [5.74, 6) is 1.43. The van der Waals surface area contributed by atoms with Gasteiger partial charge in [-0.25, -0.2) is 0 Å². The Morgan fingerprint density at radius 1 is 1.09 bits per heavy atom. The SMILES string of the molecule is CC(C1CC1)N(Cc1ccccc1)C(=O)COc1ccccc1. The van der Waals surface area contributed by atoms with E-state index in [1.807, 2.05) is 53.4 Å². The van der Waals surface area contributed by atoms with Crippen molar-refractivity contribution < 1.29 is 9.53 Å². The monoisotopic (exact) mass is 309 g/mol. The third-order valence-electron chi connectivity index (χ3n) is 4.42. The highest BCUT2D eigenvalue weighted by molar-refractivity contribution is 5.78. The maximum Gasteiger partial charge on any atom is 0.261 e. The largest absolute Gasteiger partial charge is 0.484 e. The molecular weight excluding hydrogens is 286 g/mol. The normalized spacial score (nSPS) is 15.0. The average Bonchev–Trinajstić information content (AvgIpc) is 3.44. The van der Waals surface area contributed by atoms with Crippen LogP contribution in [0.25, 0.3) is 0 Å². The minimum atomic E-state index is 0.0529. The number of carbonyl (C=O) groups excluding carboxylic acids is 1. The average molecular weight is 309 g/mol. The highest BCUT2D eigenvalue weighted by Crippen LogP contribution is 2.35. The molecule has 1 amide bonds. The third-order valence-corrected chi connectivity index (χ3v) is 4.42. The smallest absolute Gasteiger partial charge is 0.261 e. The molecule has 0 bridgehead atoms. The molecule has 1 fully saturated rings. The molecule has 3 heteroatoms. The van der Waals surface area contributed by atoms with E-state index in [0.717, 1.165) is 11.3 Å². The van der Waals surface area contributed by atoms with Gasteiger partial charge in [0, 0.05) is 12.6 Å². The Balaban J connectivity index is 1.65. The van der Waals surface area contributed by atoms with Gasteiger partial charge in [-0.05, 0) is 43.4 Å². The van der Waals surface area contributed by atoms with Gasteiger partial charge in [-0.1, -0.05) is 48.5 Å². The molecule has 0 aliphatic heterocycles. The van der Waals surface area contributed by atoms with E-state index in [0.29, 0.717) is 12.5 Å². The highest BCUT2D eigenvalue weighted by atomic mass is 16.5. The van der Waals surface area contributed by atoms with Crippen LogP contribution in [0.5, 0.6) is 5.75 Å². The molecule has 0 heterocycles. The first-order valence-electron chi connectivity index (χ1n) is 8.25. The van der Waals surface area contributed by atoms with Crippen molar-refractivity contribution in [3.63, 3.8) is 0 Å². The molecule has 0 radical (unpaired) electrons. The number of ether oxygens (including phenoxy) is 1. The van der Waals surface area contributed by atoms with Crippen LogP contribution in [0.15, 0.2) is 60.7 Å². The number of para-hydroxylation sites is 1. The summed E-state index contributed by atoms with van der Waals surface area (Å²) in [5.41, 5.74) is 1.16. The molecule has 2 aromatic carbocycles. The maximum absolute atomic E-state index is 12.7. The minimum absolute atomic E-state index is 0.0529. The number of hydrogen-bond acceptors (Lipinski definition) is 2. The predicted octanol–water partition coefficient (Wildman–Crippen LogP) is 3.89. The van der Waals surface area contributed by atoms with Crippen LogP contribution < -0.4 is 4.74 Å². The van der Waals surface area contributed by atoms with E-state index in [2.05, 4.69) is 19.1 Å². The summed E-state index contributed by atoms with van der Waals surface area (Å²) >= 11 is 0. The summed E-state index contributed by atoms with van der Waals surface area (Å²) in [6.45, 7) is 2.89. The van der Waals surface area contributed by atoms with E-state index in [9.17, 15) is 4.79 Å². The molecule has 0 N–H and O–H groups in total. The second-order valence-corrected chi connectivity index (χ2v) is 6.19. The molecule has 2 aromatic rings. The zero-order valence-corrected chi connectivity index (χ0v) is 13.5. The van der Waals surface area contributed by atoms with Crippen LogP contribution >= 0.6 is 0 Å². The third kappa shape index (κ3) is 4.35. The number of amides is 1. The second-order valence-electron chi connectivity index (χ2n) is 6.19. The second kappa shape index (κ2) is 7.32. The molecule has 120 valence electrons. The lowest BCUT2D eigenvalue weighted by molar-refractivity contribution is -0.136. The molecule has 1 unspecified atom stereocenters. The van der Waals surface area contributed by atoms with E-state index in [4.69, 9.17) is 4.74 Å². The summed E-state index contributed by atoms with van der Waals surface area (Å²) in [4.78, 5) is 14.7. The maximum atomic E-state index is 12.7. The summed E-state index contributed by atoms with van der Waals surface area (Å²) in [6, 6.07) is 19.9. The molecule has 3 rings (SSSR count). The first-order valence-corrected chi connectivity index (χ1v) is 8.25. The summed E-state index contributed by atoms with van der Waals surface area (Å²) in [7, 11) is 0. The van der Waals surface area contributed by atoms with Crippen molar-refractivity contribution in [1.29, 1.82) is 0 Å². The zero-order valence-electron chi connectivity index (χ0n) is 13.5. The Labute approximate surface area is 137 Å². The van der Waals surface area contributed by atoms with Gasteiger partial charge in [0.1, 0.15) is 5.75 Å². The van der Waals surface area contributed by atoms with Crippen molar-refractivity contribution >= 4 is 5.91 Å². The Bertz CT molecular complexity index is 623. The van der Waals surface area contributed by atoms with Gasteiger partial charge >= 0.3 is 0 Å². The molecule has 23 heavy (non-hydrogen) atoms. The molecule has 3 nitrogen and oxygen atoms in total. The van der Waals surface area contributed by atoms with Crippen LogP contribution in [-0.4, -0.2) is 23.5 Å². The minimum Gasteiger partial charge on any atom is -0.484 e. The Morgan fingerprint density at radius 3 is 2.30 bits per heavy atom. The summed E-state index contributed by atoms with van der Waals surface area (Å²) in [6.07, 6.45) is 2.44. The van der Waals surface area contributed by atoms with Crippen molar-refractivity contribution in [2.75, 3.05) is 6.61 Å². The number of nitrogens with zero attached hydrogens (tertiary/aromatic N) is 1. The molecular formula is C20H23NO2. The quantitative estimate of drug-likeness (QED) is 0.776. The van der Waals surface area contributed by atoms with E-state index < -0.39 is 0 Å². The first kappa shape index (κ1) is 15.6. The van der Waals surface area contributed by atoms with Gasteiger partial charge in [0.25, 0.3) is 5.91 Å². The Hall–Kier alpha value is -2.29. The summed E-state index contributed by atoms with van der Waals surface area (Å²) < 4.78 is 5.65. The highest BCUT2D eigenvalue weighted by Gasteiger charge is 2.34. The van der Waals surface area contributed by atoms with E-state index in [-0.39, 0.29) is 18.6 Å². The molecule has 1 aliphatic carbocycles. The van der Waals surface area contributed by atoms with Crippen molar-refractivity contribution in [3.8, 4) is 5.75 Å². The molecule has 0 spiro atoms. The number of benzene rings is 2. The zero-order chi connectivity index (χ0) is 16.1. The fourth-order valence-corrected chi connectivity index (χ4v) is 2.82. The molecule has 0 aromatic heterocycles. The lowest BCUT2D eigenvalue weighted by Crippen LogP contribution is -2.42. The number of carbonyl (C=O) groups is 1. The Morgan fingerprint density at radius 2 is 1.70 bits per heavy atom. The molecule has 1 saturated carbocycles. The van der Waals surface area contributed by atoms with E-state index >= 15 is 0 Å². The number of rotatable bonds is 7. The van der Waals surface area contributed by atoms with Gasteiger partial charge in [-0.2, -0.15) is 0 Å².